The third-order valence-corrected chi connectivity index (χ3v) is 5.06. The second-order valence-electron chi connectivity index (χ2n) is 4.67. The molecule has 25 heavy (non-hydrogen) atoms. The van der Waals surface area contributed by atoms with Gasteiger partial charge in [-0.25, -0.2) is 13.6 Å². The molecule has 1 unspecified atom stereocenters. The molecule has 3 N–H and O–H groups in total. The highest BCUT2D eigenvalue weighted by Gasteiger charge is 2.27. The van der Waals surface area contributed by atoms with Crippen LogP contribution in [0.25, 0.3) is 0 Å². The van der Waals surface area contributed by atoms with Gasteiger partial charge in [0.05, 0.1) is 15.2 Å². The summed E-state index contributed by atoms with van der Waals surface area (Å²) in [5.74, 6) is -1.30. The molecule has 0 bridgehead atoms. The van der Waals surface area contributed by atoms with E-state index < -0.39 is 25.8 Å². The molecule has 136 valence electrons. The highest BCUT2D eigenvalue weighted by atomic mass is 79.9. The van der Waals surface area contributed by atoms with E-state index >= 15 is 0 Å². The van der Waals surface area contributed by atoms with Gasteiger partial charge in [0, 0.05) is 0 Å². The van der Waals surface area contributed by atoms with Gasteiger partial charge in [-0.15, -0.1) is 0 Å². The molecule has 1 aromatic carbocycles. The van der Waals surface area contributed by atoms with Crippen molar-refractivity contribution in [3.63, 3.8) is 0 Å². The van der Waals surface area contributed by atoms with Crippen molar-refractivity contribution in [1.29, 1.82) is 0 Å². The van der Waals surface area contributed by atoms with E-state index in [9.17, 15) is 13.8 Å². The molecular weight excluding hydrogens is 467 g/mol. The molecule has 0 saturated carbocycles. The van der Waals surface area contributed by atoms with E-state index in [1.807, 2.05) is 0 Å². The standard InChI is InChI=1S/C12H10BrCl2FN3O5P/c1-5(24-25(21,22)23)19-11(15)9(13)10(18-19)12(20)17-8-3-2-6(16)4-7(8)14/h2-5H,1H3,(H,17,20)(H2,21,22,23). The van der Waals surface area contributed by atoms with E-state index in [4.69, 9.17) is 33.0 Å². The van der Waals surface area contributed by atoms with Crippen LogP contribution in [-0.4, -0.2) is 25.5 Å². The molecule has 1 atom stereocenters. The smallest absolute Gasteiger partial charge is 0.319 e. The van der Waals surface area contributed by atoms with Crippen LogP contribution in [0.5, 0.6) is 0 Å². The van der Waals surface area contributed by atoms with Crippen LogP contribution in [-0.2, 0) is 9.09 Å². The second-order valence-corrected chi connectivity index (χ2v) is 7.42. The summed E-state index contributed by atoms with van der Waals surface area (Å²) in [6, 6.07) is 3.40. The van der Waals surface area contributed by atoms with Crippen molar-refractivity contribution in [1.82, 2.24) is 9.78 Å². The van der Waals surface area contributed by atoms with E-state index in [0.717, 1.165) is 16.8 Å². The number of amides is 1. The van der Waals surface area contributed by atoms with E-state index in [2.05, 4.69) is 30.9 Å². The third-order valence-electron chi connectivity index (χ3n) is 2.83. The van der Waals surface area contributed by atoms with Gasteiger partial charge in [-0.2, -0.15) is 5.10 Å². The SMILES string of the molecule is CC(OP(=O)(O)O)n1nc(C(=O)Nc2ccc(F)cc2Cl)c(Br)c1Cl. The van der Waals surface area contributed by atoms with Gasteiger partial charge in [-0.05, 0) is 41.1 Å². The Hall–Kier alpha value is -1.000. The predicted octanol–water partition coefficient (Wildman–Crippen LogP) is 3.97. The summed E-state index contributed by atoms with van der Waals surface area (Å²) in [5.41, 5.74) is -0.0447. The number of carbonyl (C=O) groups is 1. The number of phosphoric acid groups is 1. The average molecular weight is 477 g/mol. The fourth-order valence-electron chi connectivity index (χ4n) is 1.80. The Morgan fingerprint density at radius 3 is 2.68 bits per heavy atom. The maximum Gasteiger partial charge on any atom is 0.471 e. The third kappa shape index (κ3) is 5.01. The molecule has 0 aliphatic heterocycles. The van der Waals surface area contributed by atoms with Gasteiger partial charge in [0.2, 0.25) is 0 Å². The molecule has 0 radical (unpaired) electrons. The van der Waals surface area contributed by atoms with Gasteiger partial charge in [0.25, 0.3) is 5.91 Å². The normalized spacial score (nSPS) is 12.9. The number of rotatable bonds is 5. The van der Waals surface area contributed by atoms with Crippen LogP contribution in [0.2, 0.25) is 10.2 Å². The molecule has 1 aromatic heterocycles. The van der Waals surface area contributed by atoms with Gasteiger partial charge < -0.3 is 15.1 Å². The van der Waals surface area contributed by atoms with E-state index in [0.29, 0.717) is 0 Å². The monoisotopic (exact) mass is 475 g/mol. The topological polar surface area (TPSA) is 114 Å². The summed E-state index contributed by atoms with van der Waals surface area (Å²) in [4.78, 5) is 30.0. The largest absolute Gasteiger partial charge is 0.471 e. The van der Waals surface area contributed by atoms with Crippen molar-refractivity contribution in [3.8, 4) is 0 Å². The first-order valence-corrected chi connectivity index (χ1v) is 9.51. The Bertz CT molecular complexity index is 875. The lowest BCUT2D eigenvalue weighted by Gasteiger charge is -2.14. The number of phosphoric ester groups is 1. The molecule has 8 nitrogen and oxygen atoms in total. The molecule has 2 rings (SSSR count). The molecule has 0 spiro atoms. The van der Waals surface area contributed by atoms with Gasteiger partial charge in [-0.1, -0.05) is 23.2 Å². The minimum absolute atomic E-state index is 0.0202. The number of carbonyl (C=O) groups excluding carboxylic acids is 1. The quantitative estimate of drug-likeness (QED) is 0.562. The Balaban J connectivity index is 2.29. The first kappa shape index (κ1) is 20.3. The molecule has 0 saturated heterocycles. The first-order valence-electron chi connectivity index (χ1n) is 6.43. The lowest BCUT2D eigenvalue weighted by Crippen LogP contribution is -2.15. The lowest BCUT2D eigenvalue weighted by molar-refractivity contribution is 0.0876. The maximum atomic E-state index is 13.0. The van der Waals surface area contributed by atoms with Crippen LogP contribution in [0.4, 0.5) is 10.1 Å². The highest BCUT2D eigenvalue weighted by molar-refractivity contribution is 9.10. The van der Waals surface area contributed by atoms with Crippen molar-refractivity contribution in [3.05, 3.63) is 44.4 Å². The van der Waals surface area contributed by atoms with E-state index in [1.165, 1.54) is 13.0 Å². The Labute approximate surface area is 159 Å². The van der Waals surface area contributed by atoms with Gasteiger partial charge >= 0.3 is 7.82 Å². The van der Waals surface area contributed by atoms with Gasteiger partial charge in [-0.3, -0.25) is 9.32 Å². The summed E-state index contributed by atoms with van der Waals surface area (Å²) in [5, 5.41) is 6.17. The van der Waals surface area contributed by atoms with Crippen molar-refractivity contribution >= 4 is 58.5 Å². The van der Waals surface area contributed by atoms with E-state index in [1.54, 1.807) is 0 Å². The van der Waals surface area contributed by atoms with Crippen molar-refractivity contribution in [2.75, 3.05) is 5.32 Å². The molecule has 0 fully saturated rings. The van der Waals surface area contributed by atoms with Crippen LogP contribution < -0.4 is 5.32 Å². The number of hydrogen-bond acceptors (Lipinski definition) is 4. The summed E-state index contributed by atoms with van der Waals surface area (Å²) in [6.07, 6.45) is -1.25. The highest BCUT2D eigenvalue weighted by Crippen LogP contribution is 2.42. The fraction of sp³-hybridized carbons (Fsp3) is 0.167. The summed E-state index contributed by atoms with van der Waals surface area (Å²) < 4.78 is 29.4. The lowest BCUT2D eigenvalue weighted by atomic mass is 10.3. The van der Waals surface area contributed by atoms with Crippen molar-refractivity contribution in [2.24, 2.45) is 0 Å². The molecule has 0 aliphatic rings. The van der Waals surface area contributed by atoms with Crippen LogP contribution in [0, 0.1) is 5.82 Å². The molecular formula is C12H10BrCl2FN3O5P. The van der Waals surface area contributed by atoms with Crippen LogP contribution in [0.15, 0.2) is 22.7 Å². The van der Waals surface area contributed by atoms with Crippen molar-refractivity contribution < 1.29 is 28.1 Å². The van der Waals surface area contributed by atoms with Crippen LogP contribution in [0.3, 0.4) is 0 Å². The second kappa shape index (κ2) is 7.71. The minimum Gasteiger partial charge on any atom is -0.319 e. The number of halogens is 4. The minimum atomic E-state index is -4.79. The molecule has 2 aromatic rings. The summed E-state index contributed by atoms with van der Waals surface area (Å²) >= 11 is 14.9. The van der Waals surface area contributed by atoms with Gasteiger partial charge in [0.15, 0.2) is 11.9 Å². The molecule has 0 aliphatic carbocycles. The maximum absolute atomic E-state index is 13.0. The van der Waals surface area contributed by atoms with Gasteiger partial charge in [0.1, 0.15) is 11.0 Å². The number of benzene rings is 1. The van der Waals surface area contributed by atoms with Crippen LogP contribution >= 0.6 is 47.0 Å². The number of aromatic nitrogens is 2. The summed E-state index contributed by atoms with van der Waals surface area (Å²) in [7, 11) is -4.79. The molecule has 13 heteroatoms. The zero-order valence-corrected chi connectivity index (χ0v) is 16.3. The van der Waals surface area contributed by atoms with Crippen molar-refractivity contribution in [2.45, 2.75) is 13.2 Å². The molecule has 1 amide bonds. The fourth-order valence-corrected chi connectivity index (χ4v) is 3.20. The van der Waals surface area contributed by atoms with Crippen LogP contribution in [0.1, 0.15) is 23.6 Å². The number of hydrogen-bond donors (Lipinski definition) is 3. The number of nitrogens with one attached hydrogen (secondary N) is 1. The summed E-state index contributed by atoms with van der Waals surface area (Å²) in [6.45, 7) is 1.28. The average Bonchev–Trinajstić information content (AvgIpc) is 2.77. The Morgan fingerprint density at radius 1 is 1.48 bits per heavy atom. The number of nitrogens with zero attached hydrogens (tertiary/aromatic N) is 2. The zero-order valence-electron chi connectivity index (χ0n) is 12.3. The Morgan fingerprint density at radius 2 is 2.12 bits per heavy atom. The Kier molecular flexibility index (Phi) is 6.26. The molecule has 1 heterocycles. The predicted molar refractivity (Wildman–Crippen MR) is 92.1 cm³/mol. The number of anilines is 1. The first-order chi connectivity index (χ1) is 11.5. The van der Waals surface area contributed by atoms with E-state index in [-0.39, 0.29) is 26.0 Å². The zero-order chi connectivity index (χ0) is 18.9.